The van der Waals surface area contributed by atoms with Crippen molar-refractivity contribution in [2.24, 2.45) is 0 Å². The molecule has 2 nitrogen and oxygen atoms in total. The van der Waals surface area contributed by atoms with E-state index < -0.39 is 0 Å². The minimum Gasteiger partial charge on any atom is -0.306 e. The topological polar surface area (TPSA) is 20.3 Å². The molecule has 0 bridgehead atoms. The van der Waals surface area contributed by atoms with E-state index in [9.17, 15) is 4.79 Å². The van der Waals surface area contributed by atoms with Gasteiger partial charge >= 0.3 is 0 Å². The summed E-state index contributed by atoms with van der Waals surface area (Å²) in [5.41, 5.74) is 2.20. The highest BCUT2D eigenvalue weighted by Crippen LogP contribution is 2.44. The molecule has 0 spiro atoms. The molecule has 0 atom stereocenters. The van der Waals surface area contributed by atoms with Crippen molar-refractivity contribution in [1.82, 2.24) is 4.90 Å². The lowest BCUT2D eigenvalue weighted by Crippen LogP contribution is -2.46. The van der Waals surface area contributed by atoms with Gasteiger partial charge in [-0.3, -0.25) is 4.79 Å². The number of rotatable bonds is 4. The van der Waals surface area contributed by atoms with Crippen molar-refractivity contribution in [2.45, 2.75) is 31.6 Å². The summed E-state index contributed by atoms with van der Waals surface area (Å²) < 4.78 is 0. The molecule has 1 aromatic heterocycles. The van der Waals surface area contributed by atoms with Gasteiger partial charge in [0.25, 0.3) is 0 Å². The standard InChI is InChI=1S/C19H23NOS.BrH/c1-3-17(21)19(10-12-20(2)13-11-19)16-9-14-22-18(16)15-7-5-4-6-8-15;/h4-9,14H,3,10-13H2,1-2H3;1H. The number of carbonyl (C=O) groups is 1. The van der Waals surface area contributed by atoms with Crippen molar-refractivity contribution >= 4 is 34.1 Å². The molecule has 0 unspecified atom stereocenters. The van der Waals surface area contributed by atoms with Gasteiger partial charge in [0.15, 0.2) is 0 Å². The lowest BCUT2D eigenvalue weighted by Gasteiger charge is -2.40. The van der Waals surface area contributed by atoms with Crippen molar-refractivity contribution in [3.8, 4) is 10.4 Å². The van der Waals surface area contributed by atoms with Crippen molar-refractivity contribution in [3.63, 3.8) is 0 Å². The normalized spacial score (nSPS) is 17.5. The Bertz CT molecular complexity index is 644. The first kappa shape index (κ1) is 18.4. The Kier molecular flexibility index (Phi) is 6.18. The number of carbonyl (C=O) groups excluding carboxylic acids is 1. The molecular weight excluding hydrogens is 370 g/mol. The molecular formula is C19H24BrNOS. The molecule has 1 saturated heterocycles. The molecule has 1 aromatic carbocycles. The zero-order chi connectivity index (χ0) is 15.6. The van der Waals surface area contributed by atoms with Crippen LogP contribution in [0.5, 0.6) is 0 Å². The lowest BCUT2D eigenvalue weighted by molar-refractivity contribution is -0.126. The molecule has 124 valence electrons. The first-order valence-corrected chi connectivity index (χ1v) is 8.90. The van der Waals surface area contributed by atoms with E-state index in [1.165, 1.54) is 16.0 Å². The molecule has 3 rings (SSSR count). The van der Waals surface area contributed by atoms with Crippen LogP contribution < -0.4 is 0 Å². The zero-order valence-electron chi connectivity index (χ0n) is 13.7. The van der Waals surface area contributed by atoms with Crippen LogP contribution in [0.4, 0.5) is 0 Å². The van der Waals surface area contributed by atoms with E-state index in [-0.39, 0.29) is 22.4 Å². The second-order valence-electron chi connectivity index (χ2n) is 6.19. The fraction of sp³-hybridized carbons (Fsp3) is 0.421. The smallest absolute Gasteiger partial charge is 0.143 e. The number of benzene rings is 1. The third-order valence-corrected chi connectivity index (χ3v) is 5.88. The quantitative estimate of drug-likeness (QED) is 0.733. The Morgan fingerprint density at radius 2 is 1.83 bits per heavy atom. The number of likely N-dealkylation sites (tertiary alicyclic amines) is 1. The molecule has 0 N–H and O–H groups in total. The van der Waals surface area contributed by atoms with Crippen LogP contribution in [0.15, 0.2) is 41.8 Å². The Balaban J connectivity index is 0.00000192. The van der Waals surface area contributed by atoms with Crippen LogP contribution in [0.1, 0.15) is 31.7 Å². The Hall–Kier alpha value is -0.970. The van der Waals surface area contributed by atoms with Crippen LogP contribution in [0.2, 0.25) is 0 Å². The number of hydrogen-bond donors (Lipinski definition) is 0. The van der Waals surface area contributed by atoms with Gasteiger partial charge in [-0.2, -0.15) is 0 Å². The maximum atomic E-state index is 12.9. The molecule has 1 fully saturated rings. The van der Waals surface area contributed by atoms with Crippen LogP contribution in [0.25, 0.3) is 10.4 Å². The van der Waals surface area contributed by atoms with E-state index in [0.717, 1.165) is 25.9 Å². The van der Waals surface area contributed by atoms with Crippen molar-refractivity contribution < 1.29 is 4.79 Å². The average Bonchev–Trinajstić information content (AvgIpc) is 3.06. The molecule has 0 aliphatic carbocycles. The predicted molar refractivity (Wildman–Crippen MR) is 104 cm³/mol. The van der Waals surface area contributed by atoms with Crippen molar-refractivity contribution in [2.75, 3.05) is 20.1 Å². The summed E-state index contributed by atoms with van der Waals surface area (Å²) >= 11 is 1.76. The molecule has 0 radical (unpaired) electrons. The van der Waals surface area contributed by atoms with Crippen LogP contribution in [0, 0.1) is 0 Å². The van der Waals surface area contributed by atoms with Gasteiger partial charge in [0.2, 0.25) is 0 Å². The molecule has 2 aromatic rings. The van der Waals surface area contributed by atoms with Crippen LogP contribution in [0.3, 0.4) is 0 Å². The highest BCUT2D eigenvalue weighted by Gasteiger charge is 2.42. The van der Waals surface area contributed by atoms with E-state index >= 15 is 0 Å². The lowest BCUT2D eigenvalue weighted by atomic mass is 9.68. The highest BCUT2D eigenvalue weighted by molar-refractivity contribution is 8.93. The summed E-state index contributed by atoms with van der Waals surface area (Å²) in [7, 11) is 2.14. The van der Waals surface area contributed by atoms with Gasteiger partial charge in [-0.1, -0.05) is 37.3 Å². The monoisotopic (exact) mass is 393 g/mol. The number of ketones is 1. The van der Waals surface area contributed by atoms with Gasteiger partial charge < -0.3 is 4.90 Å². The number of hydrogen-bond acceptors (Lipinski definition) is 3. The Morgan fingerprint density at radius 3 is 2.43 bits per heavy atom. The maximum Gasteiger partial charge on any atom is 0.143 e. The van der Waals surface area contributed by atoms with Crippen LogP contribution in [-0.4, -0.2) is 30.8 Å². The van der Waals surface area contributed by atoms with Gasteiger partial charge in [0.05, 0.1) is 5.41 Å². The van der Waals surface area contributed by atoms with Gasteiger partial charge in [0, 0.05) is 11.3 Å². The summed E-state index contributed by atoms with van der Waals surface area (Å²) in [6.07, 6.45) is 2.49. The Labute approximate surface area is 153 Å². The van der Waals surface area contributed by atoms with E-state index in [1.54, 1.807) is 11.3 Å². The number of Topliss-reactive ketones (excluding diaryl/α,β-unsaturated/α-hetero) is 1. The minimum atomic E-state index is -0.285. The van der Waals surface area contributed by atoms with E-state index in [2.05, 4.69) is 47.7 Å². The second-order valence-corrected chi connectivity index (χ2v) is 7.11. The van der Waals surface area contributed by atoms with Gasteiger partial charge in [-0.15, -0.1) is 28.3 Å². The summed E-state index contributed by atoms with van der Waals surface area (Å²) in [5, 5.41) is 2.14. The zero-order valence-corrected chi connectivity index (χ0v) is 16.3. The molecule has 4 heteroatoms. The Morgan fingerprint density at radius 1 is 1.17 bits per heavy atom. The summed E-state index contributed by atoms with van der Waals surface area (Å²) in [4.78, 5) is 16.5. The summed E-state index contributed by atoms with van der Waals surface area (Å²) in [6.45, 7) is 3.99. The first-order valence-electron chi connectivity index (χ1n) is 8.02. The van der Waals surface area contributed by atoms with Gasteiger partial charge in [-0.25, -0.2) is 0 Å². The third kappa shape index (κ3) is 3.44. The number of nitrogens with zero attached hydrogens (tertiary/aromatic N) is 1. The van der Waals surface area contributed by atoms with Crippen LogP contribution >= 0.6 is 28.3 Å². The number of halogens is 1. The van der Waals surface area contributed by atoms with Crippen LogP contribution in [-0.2, 0) is 10.2 Å². The molecule has 23 heavy (non-hydrogen) atoms. The SMILES string of the molecule is Br.CCC(=O)C1(c2ccsc2-c2ccccc2)CCN(C)CC1. The summed E-state index contributed by atoms with van der Waals surface area (Å²) in [5.74, 6) is 0.399. The van der Waals surface area contributed by atoms with Crippen molar-refractivity contribution in [1.29, 1.82) is 0 Å². The van der Waals surface area contributed by atoms with Gasteiger partial charge in [-0.05, 0) is 55.6 Å². The molecule has 2 heterocycles. The highest BCUT2D eigenvalue weighted by atomic mass is 79.9. The molecule has 1 aliphatic rings. The maximum absolute atomic E-state index is 12.9. The number of thiophene rings is 1. The van der Waals surface area contributed by atoms with E-state index in [0.29, 0.717) is 12.2 Å². The minimum absolute atomic E-state index is 0. The largest absolute Gasteiger partial charge is 0.306 e. The van der Waals surface area contributed by atoms with Crippen molar-refractivity contribution in [3.05, 3.63) is 47.3 Å². The molecule has 0 amide bonds. The third-order valence-electron chi connectivity index (χ3n) is 4.91. The fourth-order valence-corrected chi connectivity index (χ4v) is 4.54. The average molecular weight is 394 g/mol. The number of piperidine rings is 1. The summed E-state index contributed by atoms with van der Waals surface area (Å²) in [6, 6.07) is 12.7. The van der Waals surface area contributed by atoms with E-state index in [4.69, 9.17) is 0 Å². The predicted octanol–water partition coefficient (Wildman–Crippen LogP) is 4.94. The van der Waals surface area contributed by atoms with Gasteiger partial charge in [0.1, 0.15) is 5.78 Å². The first-order chi connectivity index (χ1) is 10.7. The molecule has 0 saturated carbocycles. The fourth-order valence-electron chi connectivity index (χ4n) is 3.54. The van der Waals surface area contributed by atoms with E-state index in [1.807, 2.05) is 13.0 Å². The second kappa shape index (κ2) is 7.73. The molecule has 1 aliphatic heterocycles.